The molecule has 0 amide bonds. The summed E-state index contributed by atoms with van der Waals surface area (Å²) in [6.07, 6.45) is 4.51. The minimum absolute atomic E-state index is 0.605. The van der Waals surface area contributed by atoms with E-state index in [2.05, 4.69) is 22.7 Å². The summed E-state index contributed by atoms with van der Waals surface area (Å²) in [5, 5.41) is 4.23. The molecule has 0 aliphatic carbocycles. The third-order valence-electron chi connectivity index (χ3n) is 3.44. The maximum atomic E-state index is 5.71. The highest BCUT2D eigenvalue weighted by Crippen LogP contribution is 2.22. The maximum Gasteiger partial charge on any atom is 0.131 e. The van der Waals surface area contributed by atoms with Gasteiger partial charge in [-0.25, -0.2) is 4.98 Å². The zero-order valence-corrected chi connectivity index (χ0v) is 12.3. The zero-order valence-electron chi connectivity index (χ0n) is 12.3. The SMILES string of the molecule is CCCn1c(Cn2cc(N)cn2)nc2cc(OC)ccc21. The number of ether oxygens (including phenoxy) is 1. The molecule has 6 heteroatoms. The fourth-order valence-corrected chi connectivity index (χ4v) is 2.49. The van der Waals surface area contributed by atoms with Crippen LogP contribution in [0.4, 0.5) is 5.69 Å². The van der Waals surface area contributed by atoms with E-state index in [1.165, 1.54) is 0 Å². The monoisotopic (exact) mass is 285 g/mol. The molecule has 3 rings (SSSR count). The highest BCUT2D eigenvalue weighted by Gasteiger charge is 2.12. The van der Waals surface area contributed by atoms with Crippen LogP contribution in [0, 0.1) is 0 Å². The average Bonchev–Trinajstić information content (AvgIpc) is 3.03. The van der Waals surface area contributed by atoms with Crippen molar-refractivity contribution >= 4 is 16.7 Å². The number of rotatable bonds is 5. The Hall–Kier alpha value is -2.50. The summed E-state index contributed by atoms with van der Waals surface area (Å²) in [5.41, 5.74) is 8.44. The number of anilines is 1. The van der Waals surface area contributed by atoms with Gasteiger partial charge in [-0.1, -0.05) is 6.92 Å². The van der Waals surface area contributed by atoms with Crippen molar-refractivity contribution in [2.75, 3.05) is 12.8 Å². The van der Waals surface area contributed by atoms with Crippen LogP contribution in [0.25, 0.3) is 11.0 Å². The molecule has 2 N–H and O–H groups in total. The Balaban J connectivity index is 2.05. The lowest BCUT2D eigenvalue weighted by Gasteiger charge is -2.08. The summed E-state index contributed by atoms with van der Waals surface area (Å²) < 4.78 is 9.30. The second-order valence-electron chi connectivity index (χ2n) is 5.01. The second kappa shape index (κ2) is 5.47. The molecule has 0 bridgehead atoms. The van der Waals surface area contributed by atoms with Crippen molar-refractivity contribution in [1.82, 2.24) is 19.3 Å². The number of imidazole rings is 1. The van der Waals surface area contributed by atoms with Gasteiger partial charge in [-0.3, -0.25) is 4.68 Å². The van der Waals surface area contributed by atoms with E-state index in [4.69, 9.17) is 15.5 Å². The van der Waals surface area contributed by atoms with Gasteiger partial charge in [0.25, 0.3) is 0 Å². The molecule has 0 unspecified atom stereocenters. The van der Waals surface area contributed by atoms with E-state index in [9.17, 15) is 0 Å². The predicted molar refractivity (Wildman–Crippen MR) is 82.3 cm³/mol. The smallest absolute Gasteiger partial charge is 0.131 e. The van der Waals surface area contributed by atoms with Gasteiger partial charge in [-0.15, -0.1) is 0 Å². The number of nitrogens with two attached hydrogens (primary N) is 1. The Kier molecular flexibility index (Phi) is 3.51. The number of methoxy groups -OCH3 is 1. The molecule has 0 aliphatic heterocycles. The molecular formula is C15H19N5O. The van der Waals surface area contributed by atoms with Crippen LogP contribution in [-0.4, -0.2) is 26.4 Å². The zero-order chi connectivity index (χ0) is 14.8. The molecule has 21 heavy (non-hydrogen) atoms. The molecule has 110 valence electrons. The number of fused-ring (bicyclic) bond motifs is 1. The van der Waals surface area contributed by atoms with Crippen LogP contribution in [0.3, 0.4) is 0 Å². The molecule has 2 aromatic heterocycles. The van der Waals surface area contributed by atoms with Gasteiger partial charge in [-0.2, -0.15) is 5.10 Å². The van der Waals surface area contributed by atoms with E-state index in [0.717, 1.165) is 35.6 Å². The van der Waals surface area contributed by atoms with E-state index in [0.29, 0.717) is 12.2 Å². The lowest BCUT2D eigenvalue weighted by atomic mass is 10.3. The standard InChI is InChI=1S/C15H19N5O/c1-3-6-20-14-5-4-12(21-2)7-13(14)18-15(20)10-19-9-11(16)8-17-19/h4-5,7-9H,3,6,10,16H2,1-2H3. The molecule has 0 fully saturated rings. The Morgan fingerprint density at radius 3 is 2.86 bits per heavy atom. The molecule has 0 spiro atoms. The Morgan fingerprint density at radius 2 is 2.19 bits per heavy atom. The first-order valence-corrected chi connectivity index (χ1v) is 7.02. The molecule has 0 saturated heterocycles. The first-order chi connectivity index (χ1) is 10.2. The fraction of sp³-hybridized carbons (Fsp3) is 0.333. The number of nitrogen functional groups attached to an aromatic ring is 1. The van der Waals surface area contributed by atoms with Gasteiger partial charge in [0, 0.05) is 18.8 Å². The van der Waals surface area contributed by atoms with Crippen LogP contribution in [-0.2, 0) is 13.1 Å². The fourth-order valence-electron chi connectivity index (χ4n) is 2.49. The second-order valence-corrected chi connectivity index (χ2v) is 5.01. The summed E-state index contributed by atoms with van der Waals surface area (Å²) >= 11 is 0. The lowest BCUT2D eigenvalue weighted by molar-refractivity contribution is 0.415. The minimum atomic E-state index is 0.605. The number of hydrogen-bond acceptors (Lipinski definition) is 4. The molecule has 1 aromatic carbocycles. The van der Waals surface area contributed by atoms with Crippen LogP contribution >= 0.6 is 0 Å². The molecule has 3 aromatic rings. The highest BCUT2D eigenvalue weighted by atomic mass is 16.5. The van der Waals surface area contributed by atoms with E-state index < -0.39 is 0 Å². The Labute approximate surface area is 123 Å². The van der Waals surface area contributed by atoms with Crippen molar-refractivity contribution < 1.29 is 4.74 Å². The normalized spacial score (nSPS) is 11.1. The molecule has 2 heterocycles. The van der Waals surface area contributed by atoms with Gasteiger partial charge in [-0.05, 0) is 18.6 Å². The van der Waals surface area contributed by atoms with Crippen LogP contribution < -0.4 is 10.5 Å². The Bertz CT molecular complexity index is 759. The van der Waals surface area contributed by atoms with Gasteiger partial charge >= 0.3 is 0 Å². The molecular weight excluding hydrogens is 266 g/mol. The quantitative estimate of drug-likeness (QED) is 0.780. The van der Waals surface area contributed by atoms with Gasteiger partial charge in [0.2, 0.25) is 0 Å². The first-order valence-electron chi connectivity index (χ1n) is 7.02. The minimum Gasteiger partial charge on any atom is -0.497 e. The summed E-state index contributed by atoms with van der Waals surface area (Å²) in [4.78, 5) is 4.73. The summed E-state index contributed by atoms with van der Waals surface area (Å²) in [6, 6.07) is 5.98. The molecule has 6 nitrogen and oxygen atoms in total. The van der Waals surface area contributed by atoms with Gasteiger partial charge < -0.3 is 15.0 Å². The van der Waals surface area contributed by atoms with Crippen LogP contribution in [0.5, 0.6) is 5.75 Å². The first kappa shape index (κ1) is 13.5. The average molecular weight is 285 g/mol. The Morgan fingerprint density at radius 1 is 1.33 bits per heavy atom. The number of benzene rings is 1. The van der Waals surface area contributed by atoms with E-state index >= 15 is 0 Å². The molecule has 0 atom stereocenters. The van der Waals surface area contributed by atoms with E-state index in [1.54, 1.807) is 18.0 Å². The highest BCUT2D eigenvalue weighted by molar-refractivity contribution is 5.77. The lowest BCUT2D eigenvalue weighted by Crippen LogP contribution is -2.09. The van der Waals surface area contributed by atoms with Crippen molar-refractivity contribution in [2.24, 2.45) is 0 Å². The number of aromatic nitrogens is 4. The summed E-state index contributed by atoms with van der Waals surface area (Å²) in [5.74, 6) is 1.79. The van der Waals surface area contributed by atoms with Crippen molar-refractivity contribution in [3.8, 4) is 5.75 Å². The largest absolute Gasteiger partial charge is 0.497 e. The number of aryl methyl sites for hydroxylation is 1. The van der Waals surface area contributed by atoms with Crippen molar-refractivity contribution in [3.05, 3.63) is 36.4 Å². The number of nitrogens with zero attached hydrogens (tertiary/aromatic N) is 4. The summed E-state index contributed by atoms with van der Waals surface area (Å²) in [7, 11) is 1.66. The van der Waals surface area contributed by atoms with Gasteiger partial charge in [0.05, 0.1) is 36.6 Å². The van der Waals surface area contributed by atoms with Crippen LogP contribution in [0.2, 0.25) is 0 Å². The predicted octanol–water partition coefficient (Wildman–Crippen LogP) is 2.28. The summed E-state index contributed by atoms with van der Waals surface area (Å²) in [6.45, 7) is 3.69. The number of hydrogen-bond donors (Lipinski definition) is 1. The van der Waals surface area contributed by atoms with Gasteiger partial charge in [0.15, 0.2) is 0 Å². The van der Waals surface area contributed by atoms with Crippen molar-refractivity contribution in [3.63, 3.8) is 0 Å². The van der Waals surface area contributed by atoms with Crippen LogP contribution in [0.15, 0.2) is 30.6 Å². The third kappa shape index (κ3) is 2.56. The maximum absolute atomic E-state index is 5.71. The molecule has 0 saturated carbocycles. The van der Waals surface area contributed by atoms with Gasteiger partial charge in [0.1, 0.15) is 11.6 Å². The molecule has 0 radical (unpaired) electrons. The van der Waals surface area contributed by atoms with Crippen molar-refractivity contribution in [1.29, 1.82) is 0 Å². The van der Waals surface area contributed by atoms with Crippen LogP contribution in [0.1, 0.15) is 19.2 Å². The third-order valence-corrected chi connectivity index (χ3v) is 3.44. The van der Waals surface area contributed by atoms with E-state index in [1.807, 2.05) is 18.3 Å². The molecule has 0 aliphatic rings. The topological polar surface area (TPSA) is 70.9 Å². The van der Waals surface area contributed by atoms with E-state index in [-0.39, 0.29) is 0 Å². The van der Waals surface area contributed by atoms with Crippen molar-refractivity contribution in [2.45, 2.75) is 26.4 Å².